The van der Waals surface area contributed by atoms with Gasteiger partial charge in [-0.05, 0) is 69.4 Å². The number of aryl methyl sites for hydroxylation is 3. The van der Waals surface area contributed by atoms with Crippen LogP contribution in [0.25, 0.3) is 0 Å². The molecular weight excluding hydrogens is 476 g/mol. The maximum atomic E-state index is 13.9. The van der Waals surface area contributed by atoms with Gasteiger partial charge in [-0.1, -0.05) is 43.3 Å². The molecule has 2 aromatic carbocycles. The zero-order valence-corrected chi connectivity index (χ0v) is 23.5. The third-order valence-electron chi connectivity index (χ3n) is 6.07. The summed E-state index contributed by atoms with van der Waals surface area (Å²) in [5, 5.41) is 2.91. The van der Waals surface area contributed by atoms with Crippen LogP contribution in [0.2, 0.25) is 0 Å². The zero-order valence-electron chi connectivity index (χ0n) is 22.7. The summed E-state index contributed by atoms with van der Waals surface area (Å²) in [6.07, 6.45) is 0.389. The molecule has 0 aliphatic heterocycles. The molecule has 0 radical (unpaired) electrons. The predicted molar refractivity (Wildman–Crippen MR) is 145 cm³/mol. The van der Waals surface area contributed by atoms with E-state index >= 15 is 0 Å². The second-order valence-electron chi connectivity index (χ2n) is 9.62. The Morgan fingerprint density at radius 2 is 1.61 bits per heavy atom. The lowest BCUT2D eigenvalue weighted by Gasteiger charge is -2.35. The molecule has 9 heteroatoms. The second-order valence-corrected chi connectivity index (χ2v) is 11.7. The van der Waals surface area contributed by atoms with Gasteiger partial charge < -0.3 is 10.2 Å². The van der Waals surface area contributed by atoms with E-state index in [0.29, 0.717) is 12.1 Å². The zero-order chi connectivity index (χ0) is 27.2. The molecule has 0 unspecified atom stereocenters. The van der Waals surface area contributed by atoms with Crippen LogP contribution in [-0.2, 0) is 26.3 Å². The largest absolute Gasteiger partial charge is 0.352 e. The Morgan fingerprint density at radius 1 is 0.972 bits per heavy atom. The Balaban J connectivity index is 2.58. The number of carbonyl (C=O) groups excluding carboxylic acids is 2. The van der Waals surface area contributed by atoms with Gasteiger partial charge in [0.25, 0.3) is 0 Å². The second kappa shape index (κ2) is 12.4. The number of amides is 2. The molecule has 2 rings (SSSR count). The highest BCUT2D eigenvalue weighted by Crippen LogP contribution is 2.26. The monoisotopic (exact) mass is 516 g/mol. The van der Waals surface area contributed by atoms with Gasteiger partial charge in [0.05, 0.1) is 5.69 Å². The molecule has 0 heterocycles. The van der Waals surface area contributed by atoms with Gasteiger partial charge in [0.2, 0.25) is 11.8 Å². The Bertz CT molecular complexity index is 1180. The number of carbonyl (C=O) groups is 2. The van der Waals surface area contributed by atoms with Crippen molar-refractivity contribution >= 4 is 27.7 Å². The van der Waals surface area contributed by atoms with E-state index in [-0.39, 0.29) is 18.5 Å². The van der Waals surface area contributed by atoms with Gasteiger partial charge in [0.15, 0.2) is 0 Å². The number of benzene rings is 2. The number of hydrogen-bond acceptors (Lipinski definition) is 4. The smallest absolute Gasteiger partial charge is 0.304 e. The summed E-state index contributed by atoms with van der Waals surface area (Å²) >= 11 is 0. The van der Waals surface area contributed by atoms with E-state index in [4.69, 9.17) is 0 Å². The molecule has 198 valence electrons. The summed E-state index contributed by atoms with van der Waals surface area (Å²) in [6, 6.07) is 12.3. The quantitative estimate of drug-likeness (QED) is 0.495. The number of hydrogen-bond donors (Lipinski definition) is 1. The molecule has 1 N–H and O–H groups in total. The van der Waals surface area contributed by atoms with Crippen molar-refractivity contribution in [3.05, 3.63) is 64.7 Å². The molecule has 0 bridgehead atoms. The van der Waals surface area contributed by atoms with Crippen molar-refractivity contribution in [2.75, 3.05) is 24.9 Å². The van der Waals surface area contributed by atoms with Crippen molar-refractivity contribution in [1.29, 1.82) is 0 Å². The first-order chi connectivity index (χ1) is 16.8. The lowest BCUT2D eigenvalue weighted by molar-refractivity contribution is -0.140. The summed E-state index contributed by atoms with van der Waals surface area (Å²) in [5.41, 5.74) is 3.93. The van der Waals surface area contributed by atoms with Crippen molar-refractivity contribution in [2.24, 2.45) is 0 Å². The third kappa shape index (κ3) is 7.07. The van der Waals surface area contributed by atoms with Crippen molar-refractivity contribution in [1.82, 2.24) is 14.5 Å². The molecule has 0 aliphatic carbocycles. The normalized spacial score (nSPS) is 12.5. The first kappa shape index (κ1) is 29.3. The van der Waals surface area contributed by atoms with Gasteiger partial charge in [0, 0.05) is 26.7 Å². The van der Waals surface area contributed by atoms with Crippen LogP contribution in [0.5, 0.6) is 0 Å². The average Bonchev–Trinajstić information content (AvgIpc) is 2.79. The highest BCUT2D eigenvalue weighted by Gasteiger charge is 2.34. The molecule has 1 atom stereocenters. The third-order valence-corrected chi connectivity index (χ3v) is 7.88. The molecule has 0 aliphatic rings. The highest BCUT2D eigenvalue weighted by molar-refractivity contribution is 7.90. The lowest BCUT2D eigenvalue weighted by atomic mass is 10.1. The fourth-order valence-corrected chi connectivity index (χ4v) is 5.07. The standard InChI is InChI=1S/C27H40N4O4S/c1-9-24(27(33)28-19(2)3)30(17-23-13-11-10-12-21(23)5)26(32)18-31(36(34,35)29(7)8)25-16-20(4)14-15-22(25)6/h10-16,19,24H,9,17-18H2,1-8H3,(H,28,33)/t24-/m1/s1. The van der Waals surface area contributed by atoms with Crippen molar-refractivity contribution in [3.8, 4) is 0 Å². The van der Waals surface area contributed by atoms with Crippen LogP contribution < -0.4 is 9.62 Å². The molecule has 0 saturated carbocycles. The minimum absolute atomic E-state index is 0.0949. The summed E-state index contributed by atoms with van der Waals surface area (Å²) in [6.45, 7) is 11.0. The van der Waals surface area contributed by atoms with Gasteiger partial charge in [-0.25, -0.2) is 4.31 Å². The van der Waals surface area contributed by atoms with Crippen LogP contribution in [0.15, 0.2) is 42.5 Å². The summed E-state index contributed by atoms with van der Waals surface area (Å²) in [4.78, 5) is 28.5. The number of anilines is 1. The fourth-order valence-electron chi connectivity index (χ4n) is 3.96. The Kier molecular flexibility index (Phi) is 10.1. The molecule has 2 amide bonds. The van der Waals surface area contributed by atoms with E-state index in [1.54, 1.807) is 6.07 Å². The first-order valence-electron chi connectivity index (χ1n) is 12.2. The van der Waals surface area contributed by atoms with Gasteiger partial charge in [-0.15, -0.1) is 0 Å². The number of rotatable bonds is 11. The Hall–Kier alpha value is -2.91. The van der Waals surface area contributed by atoms with Crippen molar-refractivity contribution < 1.29 is 18.0 Å². The molecule has 0 spiro atoms. The van der Waals surface area contributed by atoms with Crippen LogP contribution in [-0.4, -0.2) is 62.2 Å². The fraction of sp³-hybridized carbons (Fsp3) is 0.481. The van der Waals surface area contributed by atoms with Crippen LogP contribution in [0.3, 0.4) is 0 Å². The van der Waals surface area contributed by atoms with Crippen LogP contribution in [0.4, 0.5) is 5.69 Å². The average molecular weight is 517 g/mol. The van der Waals surface area contributed by atoms with Gasteiger partial charge in [-0.2, -0.15) is 12.7 Å². The highest BCUT2D eigenvalue weighted by atomic mass is 32.2. The van der Waals surface area contributed by atoms with E-state index in [0.717, 1.165) is 30.9 Å². The first-order valence-corrected chi connectivity index (χ1v) is 13.6. The SMILES string of the molecule is CC[C@H](C(=O)NC(C)C)N(Cc1ccccc1C)C(=O)CN(c1cc(C)ccc1C)S(=O)(=O)N(C)C. The van der Waals surface area contributed by atoms with E-state index in [9.17, 15) is 18.0 Å². The van der Waals surface area contributed by atoms with Crippen LogP contribution in [0.1, 0.15) is 49.4 Å². The number of nitrogens with one attached hydrogen (secondary N) is 1. The Labute approximate surface area is 216 Å². The van der Waals surface area contributed by atoms with Crippen LogP contribution >= 0.6 is 0 Å². The molecule has 0 saturated heterocycles. The summed E-state index contributed by atoms with van der Waals surface area (Å²) in [7, 11) is -1.12. The predicted octanol–water partition coefficient (Wildman–Crippen LogP) is 3.56. The lowest BCUT2D eigenvalue weighted by Crippen LogP contribution is -2.54. The van der Waals surface area contributed by atoms with Gasteiger partial charge in [0.1, 0.15) is 12.6 Å². The molecule has 0 fully saturated rings. The molecule has 0 aromatic heterocycles. The minimum Gasteiger partial charge on any atom is -0.352 e. The van der Waals surface area contributed by atoms with E-state index in [2.05, 4.69) is 5.32 Å². The van der Waals surface area contributed by atoms with Gasteiger partial charge >= 0.3 is 10.2 Å². The maximum absolute atomic E-state index is 13.9. The van der Waals surface area contributed by atoms with Gasteiger partial charge in [-0.3, -0.25) is 9.59 Å². The summed E-state index contributed by atoms with van der Waals surface area (Å²) < 4.78 is 29.0. The number of nitrogens with zero attached hydrogens (tertiary/aromatic N) is 3. The maximum Gasteiger partial charge on any atom is 0.304 e. The topological polar surface area (TPSA) is 90.0 Å². The van der Waals surface area contributed by atoms with E-state index in [1.807, 2.05) is 77.9 Å². The van der Waals surface area contributed by atoms with Crippen molar-refractivity contribution in [2.45, 2.75) is 66.6 Å². The van der Waals surface area contributed by atoms with E-state index in [1.165, 1.54) is 19.0 Å². The summed E-state index contributed by atoms with van der Waals surface area (Å²) in [5.74, 6) is -0.710. The Morgan fingerprint density at radius 3 is 2.17 bits per heavy atom. The molecule has 2 aromatic rings. The molecule has 8 nitrogen and oxygen atoms in total. The molecule has 36 heavy (non-hydrogen) atoms. The molecular formula is C27H40N4O4S. The van der Waals surface area contributed by atoms with Crippen LogP contribution in [0, 0.1) is 20.8 Å². The van der Waals surface area contributed by atoms with Crippen molar-refractivity contribution in [3.63, 3.8) is 0 Å². The van der Waals surface area contributed by atoms with E-state index < -0.39 is 28.7 Å². The minimum atomic E-state index is -3.99.